The Morgan fingerprint density at radius 1 is 1.50 bits per heavy atom. The number of hydrogen-bond acceptors (Lipinski definition) is 3. The van der Waals surface area contributed by atoms with Crippen LogP contribution in [0.15, 0.2) is 0 Å². The molecule has 0 saturated carbocycles. The summed E-state index contributed by atoms with van der Waals surface area (Å²) in [5.41, 5.74) is -0.237. The second kappa shape index (κ2) is 6.36. The largest absolute Gasteiger partial charge is 0.395 e. The number of aliphatic hydroxyl groups excluding tert-OH is 1. The van der Waals surface area contributed by atoms with Crippen LogP contribution in [0.4, 0.5) is 0 Å². The number of nitrogens with zero attached hydrogens (tertiary/aromatic N) is 1. The van der Waals surface area contributed by atoms with Crippen molar-refractivity contribution in [2.75, 3.05) is 19.7 Å². The van der Waals surface area contributed by atoms with Crippen LogP contribution in [-0.4, -0.2) is 42.0 Å². The first-order valence-corrected chi connectivity index (χ1v) is 6.46. The number of carbonyl (C=O) groups is 1. The predicted octanol–water partition coefficient (Wildman–Crippen LogP) is 1.84. The van der Waals surface area contributed by atoms with Crippen molar-refractivity contribution in [3.63, 3.8) is 0 Å². The summed E-state index contributed by atoms with van der Waals surface area (Å²) < 4.78 is 0. The molecule has 3 heteroatoms. The van der Waals surface area contributed by atoms with Gasteiger partial charge in [-0.25, -0.2) is 0 Å². The van der Waals surface area contributed by atoms with E-state index >= 15 is 0 Å². The van der Waals surface area contributed by atoms with Crippen LogP contribution in [0, 0.1) is 5.41 Å². The van der Waals surface area contributed by atoms with E-state index in [-0.39, 0.29) is 18.1 Å². The lowest BCUT2D eigenvalue weighted by molar-refractivity contribution is -0.117. The van der Waals surface area contributed by atoms with Gasteiger partial charge in [-0.05, 0) is 25.8 Å². The molecule has 3 nitrogen and oxygen atoms in total. The summed E-state index contributed by atoms with van der Waals surface area (Å²) in [6.45, 7) is 6.20. The zero-order valence-electron chi connectivity index (χ0n) is 10.6. The average Bonchev–Trinajstić information content (AvgIpc) is 2.30. The molecule has 2 atom stereocenters. The summed E-state index contributed by atoms with van der Waals surface area (Å²) in [5.74, 6) is 0. The first kappa shape index (κ1) is 13.7. The topological polar surface area (TPSA) is 40.5 Å². The third kappa shape index (κ3) is 3.56. The Morgan fingerprint density at radius 2 is 2.25 bits per heavy atom. The Balaban J connectivity index is 2.57. The molecule has 0 aromatic rings. The van der Waals surface area contributed by atoms with E-state index < -0.39 is 0 Å². The molecule has 0 aromatic heterocycles. The Kier molecular flexibility index (Phi) is 5.42. The quantitative estimate of drug-likeness (QED) is 0.704. The average molecular weight is 227 g/mol. The molecule has 94 valence electrons. The number of hydrogen-bond donors (Lipinski definition) is 1. The van der Waals surface area contributed by atoms with Gasteiger partial charge in [0.15, 0.2) is 0 Å². The van der Waals surface area contributed by atoms with Crippen LogP contribution in [-0.2, 0) is 4.79 Å². The van der Waals surface area contributed by atoms with E-state index in [1.807, 2.05) is 6.92 Å². The van der Waals surface area contributed by atoms with Crippen LogP contribution in [0.5, 0.6) is 0 Å². The van der Waals surface area contributed by atoms with Crippen LogP contribution >= 0.6 is 0 Å². The van der Waals surface area contributed by atoms with Crippen molar-refractivity contribution < 1.29 is 9.90 Å². The molecule has 1 aliphatic heterocycles. The molecule has 0 bridgehead atoms. The van der Waals surface area contributed by atoms with Crippen molar-refractivity contribution in [1.82, 2.24) is 4.90 Å². The van der Waals surface area contributed by atoms with Gasteiger partial charge in [-0.15, -0.1) is 0 Å². The Bertz CT molecular complexity index is 220. The fourth-order valence-corrected chi connectivity index (χ4v) is 2.69. The van der Waals surface area contributed by atoms with Gasteiger partial charge in [0.05, 0.1) is 6.61 Å². The molecule has 0 aromatic carbocycles. The summed E-state index contributed by atoms with van der Waals surface area (Å²) in [4.78, 5) is 13.5. The smallest absolute Gasteiger partial charge is 0.127 e. The molecule has 1 heterocycles. The molecule has 16 heavy (non-hydrogen) atoms. The van der Waals surface area contributed by atoms with E-state index in [9.17, 15) is 9.90 Å². The highest BCUT2D eigenvalue weighted by Gasteiger charge is 2.30. The molecule has 0 aliphatic carbocycles. The Morgan fingerprint density at radius 3 is 2.81 bits per heavy atom. The van der Waals surface area contributed by atoms with Crippen molar-refractivity contribution >= 4 is 6.29 Å². The number of carbonyl (C=O) groups excluding carboxylic acids is 1. The number of likely N-dealkylation sites (tertiary alicyclic amines) is 1. The third-order valence-corrected chi connectivity index (χ3v) is 3.63. The standard InChI is InChI=1S/C13H25NO2/c1-3-7-13(2,11-16)10-14-8-5-4-6-12(14)9-15/h11-12,15H,3-10H2,1-2H3. The SMILES string of the molecule is CCCC(C)(C=O)CN1CCCCC1CO. The van der Waals surface area contributed by atoms with Gasteiger partial charge in [0, 0.05) is 18.0 Å². The summed E-state index contributed by atoms with van der Waals surface area (Å²) in [6, 6.07) is 0.268. The minimum absolute atomic E-state index is 0.223. The lowest BCUT2D eigenvalue weighted by Gasteiger charge is -2.39. The monoisotopic (exact) mass is 227 g/mol. The van der Waals surface area contributed by atoms with E-state index in [4.69, 9.17) is 0 Å². The Labute approximate surface area is 98.8 Å². The highest BCUT2D eigenvalue weighted by molar-refractivity contribution is 5.59. The molecule has 1 N–H and O–H groups in total. The highest BCUT2D eigenvalue weighted by Crippen LogP contribution is 2.26. The van der Waals surface area contributed by atoms with Crippen molar-refractivity contribution in [1.29, 1.82) is 0 Å². The van der Waals surface area contributed by atoms with Gasteiger partial charge in [-0.3, -0.25) is 4.90 Å². The summed E-state index contributed by atoms with van der Waals surface area (Å²) in [6.07, 6.45) is 6.53. The zero-order valence-corrected chi connectivity index (χ0v) is 10.6. The molecular formula is C13H25NO2. The number of rotatable bonds is 6. The maximum Gasteiger partial charge on any atom is 0.127 e. The minimum Gasteiger partial charge on any atom is -0.395 e. The second-order valence-electron chi connectivity index (χ2n) is 5.32. The molecular weight excluding hydrogens is 202 g/mol. The van der Waals surface area contributed by atoms with E-state index in [1.54, 1.807) is 0 Å². The molecule has 1 saturated heterocycles. The van der Waals surface area contributed by atoms with Crippen LogP contribution in [0.1, 0.15) is 46.0 Å². The second-order valence-corrected chi connectivity index (χ2v) is 5.32. The van der Waals surface area contributed by atoms with Gasteiger partial charge in [-0.1, -0.05) is 26.7 Å². The van der Waals surface area contributed by atoms with Crippen LogP contribution in [0.25, 0.3) is 0 Å². The van der Waals surface area contributed by atoms with E-state index in [0.717, 1.165) is 38.6 Å². The highest BCUT2D eigenvalue weighted by atomic mass is 16.3. The molecule has 2 unspecified atom stereocenters. The molecule has 0 radical (unpaired) electrons. The molecule has 1 rings (SSSR count). The van der Waals surface area contributed by atoms with Gasteiger partial charge in [0.2, 0.25) is 0 Å². The maximum atomic E-state index is 11.2. The van der Waals surface area contributed by atoms with Crippen LogP contribution in [0.2, 0.25) is 0 Å². The number of piperidine rings is 1. The van der Waals surface area contributed by atoms with Gasteiger partial charge in [-0.2, -0.15) is 0 Å². The molecule has 1 aliphatic rings. The van der Waals surface area contributed by atoms with Crippen LogP contribution < -0.4 is 0 Å². The third-order valence-electron chi connectivity index (χ3n) is 3.63. The summed E-state index contributed by atoms with van der Waals surface area (Å²) in [5, 5.41) is 9.33. The first-order valence-electron chi connectivity index (χ1n) is 6.46. The number of aliphatic hydroxyl groups is 1. The Hall–Kier alpha value is -0.410. The molecule has 0 spiro atoms. The maximum absolute atomic E-state index is 11.2. The van der Waals surface area contributed by atoms with E-state index in [1.165, 1.54) is 12.8 Å². The number of aldehydes is 1. The van der Waals surface area contributed by atoms with Crippen molar-refractivity contribution in [2.45, 2.75) is 52.0 Å². The van der Waals surface area contributed by atoms with Gasteiger partial charge >= 0.3 is 0 Å². The van der Waals surface area contributed by atoms with E-state index in [2.05, 4.69) is 11.8 Å². The van der Waals surface area contributed by atoms with Gasteiger partial charge in [0.25, 0.3) is 0 Å². The van der Waals surface area contributed by atoms with Crippen molar-refractivity contribution in [3.8, 4) is 0 Å². The lowest BCUT2D eigenvalue weighted by Crippen LogP contribution is -2.47. The molecule has 0 amide bonds. The zero-order chi connectivity index (χ0) is 12.0. The normalized spacial score (nSPS) is 26.3. The fraction of sp³-hybridized carbons (Fsp3) is 0.923. The first-order chi connectivity index (χ1) is 7.65. The van der Waals surface area contributed by atoms with Gasteiger partial charge < -0.3 is 9.90 Å². The van der Waals surface area contributed by atoms with Crippen LogP contribution in [0.3, 0.4) is 0 Å². The molecule has 1 fully saturated rings. The minimum atomic E-state index is -0.237. The van der Waals surface area contributed by atoms with Crippen molar-refractivity contribution in [3.05, 3.63) is 0 Å². The van der Waals surface area contributed by atoms with Gasteiger partial charge in [0.1, 0.15) is 6.29 Å². The fourth-order valence-electron chi connectivity index (χ4n) is 2.69. The summed E-state index contributed by atoms with van der Waals surface area (Å²) >= 11 is 0. The lowest BCUT2D eigenvalue weighted by atomic mass is 9.85. The van der Waals surface area contributed by atoms with Crippen molar-refractivity contribution in [2.24, 2.45) is 5.41 Å². The van der Waals surface area contributed by atoms with E-state index in [0.29, 0.717) is 0 Å². The predicted molar refractivity (Wildman–Crippen MR) is 65.4 cm³/mol. The summed E-state index contributed by atoms with van der Waals surface area (Å²) in [7, 11) is 0.